The molecule has 1 atom stereocenters. The van der Waals surface area contributed by atoms with Gasteiger partial charge in [-0.15, -0.1) is 0 Å². The Morgan fingerprint density at radius 2 is 1.95 bits per heavy atom. The van der Waals surface area contributed by atoms with Crippen LogP contribution in [0.2, 0.25) is 0 Å². The first-order valence-electron chi connectivity index (χ1n) is 7.45. The number of nitrogens with one attached hydrogen (secondary N) is 2. The summed E-state index contributed by atoms with van der Waals surface area (Å²) in [6.07, 6.45) is 2.52. The van der Waals surface area contributed by atoms with Gasteiger partial charge in [-0.1, -0.05) is 20.3 Å². The van der Waals surface area contributed by atoms with Crippen LogP contribution in [0.1, 0.15) is 50.4 Å². The molecule has 0 fully saturated rings. The molecule has 1 aromatic rings. The number of hydrogen-bond donors (Lipinski definition) is 3. The maximum Gasteiger partial charge on any atom is 0.335 e. The Hall–Kier alpha value is -1.60. The van der Waals surface area contributed by atoms with Crippen LogP contribution in [0.25, 0.3) is 0 Å². The van der Waals surface area contributed by atoms with E-state index in [1.807, 2.05) is 20.8 Å². The van der Waals surface area contributed by atoms with Crippen LogP contribution < -0.4 is 10.0 Å². The van der Waals surface area contributed by atoms with E-state index in [0.717, 1.165) is 12.8 Å². The van der Waals surface area contributed by atoms with Gasteiger partial charge in [0, 0.05) is 12.6 Å². The van der Waals surface area contributed by atoms with E-state index >= 15 is 0 Å². The molecule has 0 aliphatic heterocycles. The maximum absolute atomic E-state index is 12.4. The molecule has 6 nitrogen and oxygen atoms in total. The zero-order valence-electron chi connectivity index (χ0n) is 13.2. The fraction of sp³-hybridized carbons (Fsp3) is 0.533. The van der Waals surface area contributed by atoms with Gasteiger partial charge >= 0.3 is 5.97 Å². The number of hydrogen-bond acceptors (Lipinski definition) is 4. The molecule has 3 N–H and O–H groups in total. The van der Waals surface area contributed by atoms with Crippen LogP contribution >= 0.6 is 0 Å². The third kappa shape index (κ3) is 4.99. The molecule has 0 radical (unpaired) electrons. The van der Waals surface area contributed by atoms with Crippen molar-refractivity contribution >= 4 is 21.7 Å². The van der Waals surface area contributed by atoms with Gasteiger partial charge in [0.05, 0.1) is 11.3 Å². The molecule has 0 saturated heterocycles. The van der Waals surface area contributed by atoms with Gasteiger partial charge in [0.25, 0.3) is 0 Å². The molecule has 0 unspecified atom stereocenters. The summed E-state index contributed by atoms with van der Waals surface area (Å²) >= 11 is 0. The van der Waals surface area contributed by atoms with Crippen LogP contribution in [0.15, 0.2) is 23.1 Å². The fourth-order valence-corrected chi connectivity index (χ4v) is 3.41. The minimum Gasteiger partial charge on any atom is -0.478 e. The normalized spacial score (nSPS) is 12.9. The third-order valence-corrected chi connectivity index (χ3v) is 4.68. The first-order chi connectivity index (χ1) is 10.3. The molecule has 22 heavy (non-hydrogen) atoms. The number of aromatic carboxylic acids is 1. The molecule has 0 bridgehead atoms. The largest absolute Gasteiger partial charge is 0.478 e. The number of rotatable bonds is 9. The second-order valence-electron chi connectivity index (χ2n) is 5.25. The van der Waals surface area contributed by atoms with Crippen molar-refractivity contribution in [2.24, 2.45) is 0 Å². The molecule has 0 aliphatic carbocycles. The van der Waals surface area contributed by atoms with Crippen molar-refractivity contribution in [3.63, 3.8) is 0 Å². The quantitative estimate of drug-likeness (QED) is 0.648. The number of anilines is 1. The molecule has 0 aromatic heterocycles. The predicted octanol–water partition coefficient (Wildman–Crippen LogP) is 2.67. The van der Waals surface area contributed by atoms with E-state index in [2.05, 4.69) is 10.0 Å². The summed E-state index contributed by atoms with van der Waals surface area (Å²) in [5.74, 6) is -1.15. The highest BCUT2D eigenvalue weighted by Crippen LogP contribution is 2.24. The first kappa shape index (κ1) is 18.4. The first-order valence-corrected chi connectivity index (χ1v) is 8.93. The van der Waals surface area contributed by atoms with Crippen molar-refractivity contribution in [1.82, 2.24) is 4.72 Å². The van der Waals surface area contributed by atoms with Crippen LogP contribution in [0.4, 0.5) is 5.69 Å². The Morgan fingerprint density at radius 1 is 1.27 bits per heavy atom. The molecule has 0 spiro atoms. The van der Waals surface area contributed by atoms with Crippen LogP contribution in [0.3, 0.4) is 0 Å². The molecule has 1 aromatic carbocycles. The van der Waals surface area contributed by atoms with Crippen molar-refractivity contribution in [1.29, 1.82) is 0 Å². The van der Waals surface area contributed by atoms with Gasteiger partial charge in [0.2, 0.25) is 10.0 Å². The van der Waals surface area contributed by atoms with Gasteiger partial charge in [-0.3, -0.25) is 0 Å². The monoisotopic (exact) mass is 328 g/mol. The van der Waals surface area contributed by atoms with Crippen LogP contribution in [-0.2, 0) is 10.0 Å². The smallest absolute Gasteiger partial charge is 0.335 e. The van der Waals surface area contributed by atoms with Crippen LogP contribution in [-0.4, -0.2) is 32.1 Å². The molecule has 0 aliphatic rings. The zero-order valence-corrected chi connectivity index (χ0v) is 14.0. The zero-order chi connectivity index (χ0) is 16.8. The number of carbonyl (C=O) groups is 1. The van der Waals surface area contributed by atoms with Gasteiger partial charge in [-0.05, 0) is 38.0 Å². The molecule has 0 saturated carbocycles. The SMILES string of the molecule is CCCNS(=O)(=O)c1cc(C(=O)O)ccc1N[C@H](C)CCC. The predicted molar refractivity (Wildman–Crippen MR) is 86.9 cm³/mol. The van der Waals surface area contributed by atoms with Crippen LogP contribution in [0.5, 0.6) is 0 Å². The second-order valence-corrected chi connectivity index (χ2v) is 6.98. The van der Waals surface area contributed by atoms with Crippen molar-refractivity contribution in [3.05, 3.63) is 23.8 Å². The number of carboxylic acids is 1. The summed E-state index contributed by atoms with van der Waals surface area (Å²) in [6.45, 7) is 6.18. The lowest BCUT2D eigenvalue weighted by molar-refractivity contribution is 0.0696. The standard InChI is InChI=1S/C15H24N2O4S/c1-4-6-11(3)17-13-8-7-12(15(18)19)10-14(13)22(20,21)16-9-5-2/h7-8,10-11,16-17H,4-6,9H2,1-3H3,(H,18,19)/t11-/m1/s1. The van der Waals surface area contributed by atoms with Crippen molar-refractivity contribution < 1.29 is 18.3 Å². The summed E-state index contributed by atoms with van der Waals surface area (Å²) in [7, 11) is -3.75. The number of sulfonamides is 1. The average Bonchev–Trinajstić information content (AvgIpc) is 2.45. The number of benzene rings is 1. The van der Waals surface area contributed by atoms with Gasteiger partial charge in [0.1, 0.15) is 4.90 Å². The highest BCUT2D eigenvalue weighted by atomic mass is 32.2. The van der Waals surface area contributed by atoms with E-state index in [1.165, 1.54) is 18.2 Å². The molecular weight excluding hydrogens is 304 g/mol. The summed E-state index contributed by atoms with van der Waals surface area (Å²) in [6, 6.07) is 4.21. The Labute approximate surface area is 132 Å². The molecular formula is C15H24N2O4S. The summed E-state index contributed by atoms with van der Waals surface area (Å²) in [5, 5.41) is 12.2. The van der Waals surface area contributed by atoms with Crippen molar-refractivity contribution in [2.45, 2.75) is 51.0 Å². The number of carboxylic acid groups (broad SMARTS) is 1. The Balaban J connectivity index is 3.23. The van der Waals surface area contributed by atoms with E-state index in [1.54, 1.807) is 0 Å². The second kappa shape index (κ2) is 8.14. The Morgan fingerprint density at radius 3 is 2.50 bits per heavy atom. The van der Waals surface area contributed by atoms with Crippen LogP contribution in [0, 0.1) is 0 Å². The fourth-order valence-electron chi connectivity index (χ4n) is 2.08. The highest BCUT2D eigenvalue weighted by Gasteiger charge is 2.21. The molecule has 0 amide bonds. The summed E-state index contributed by atoms with van der Waals surface area (Å²) in [4.78, 5) is 11.1. The van der Waals surface area contributed by atoms with Gasteiger partial charge in [-0.25, -0.2) is 17.9 Å². The maximum atomic E-state index is 12.4. The minimum atomic E-state index is -3.75. The van der Waals surface area contributed by atoms with Crippen molar-refractivity contribution in [3.8, 4) is 0 Å². The van der Waals surface area contributed by atoms with E-state index in [0.29, 0.717) is 18.7 Å². The van der Waals surface area contributed by atoms with E-state index in [-0.39, 0.29) is 16.5 Å². The lowest BCUT2D eigenvalue weighted by atomic mass is 10.1. The van der Waals surface area contributed by atoms with Gasteiger partial charge in [0.15, 0.2) is 0 Å². The lowest BCUT2D eigenvalue weighted by Crippen LogP contribution is -2.26. The molecule has 0 heterocycles. The third-order valence-electron chi connectivity index (χ3n) is 3.18. The van der Waals surface area contributed by atoms with E-state index < -0.39 is 16.0 Å². The van der Waals surface area contributed by atoms with E-state index in [4.69, 9.17) is 5.11 Å². The van der Waals surface area contributed by atoms with Crippen molar-refractivity contribution in [2.75, 3.05) is 11.9 Å². The van der Waals surface area contributed by atoms with Gasteiger partial charge in [-0.2, -0.15) is 0 Å². The summed E-state index contributed by atoms with van der Waals surface area (Å²) < 4.78 is 27.2. The van der Waals surface area contributed by atoms with E-state index in [9.17, 15) is 13.2 Å². The lowest BCUT2D eigenvalue weighted by Gasteiger charge is -2.18. The Kier molecular flexibility index (Phi) is 6.83. The summed E-state index contributed by atoms with van der Waals surface area (Å²) in [5.41, 5.74) is 0.375. The molecule has 7 heteroatoms. The minimum absolute atomic E-state index is 0.0243. The molecule has 1 rings (SSSR count). The molecule has 124 valence electrons. The Bertz CT molecular complexity index is 614. The van der Waals surface area contributed by atoms with Gasteiger partial charge < -0.3 is 10.4 Å². The topological polar surface area (TPSA) is 95.5 Å². The average molecular weight is 328 g/mol. The highest BCUT2D eigenvalue weighted by molar-refractivity contribution is 7.89.